The summed E-state index contributed by atoms with van der Waals surface area (Å²) in [6.07, 6.45) is 4.94. The second-order valence-corrected chi connectivity index (χ2v) is 5.93. The van der Waals surface area contributed by atoms with Gasteiger partial charge in [0.1, 0.15) is 5.75 Å². The van der Waals surface area contributed by atoms with Gasteiger partial charge in [-0.3, -0.25) is 5.43 Å². The molecule has 1 aromatic rings. The highest BCUT2D eigenvalue weighted by atomic mass is 16.5. The average molecular weight is 291 g/mol. The SMILES string of the molecule is CCCCCCOc1ccc(C2NNC(C)C2CN)cc1. The van der Waals surface area contributed by atoms with Crippen LogP contribution in [0.4, 0.5) is 0 Å². The third-order valence-corrected chi connectivity index (χ3v) is 4.31. The lowest BCUT2D eigenvalue weighted by Gasteiger charge is -2.19. The molecule has 0 bridgehead atoms. The van der Waals surface area contributed by atoms with Gasteiger partial charge < -0.3 is 10.5 Å². The molecule has 1 aromatic carbocycles. The number of nitrogens with two attached hydrogens (primary N) is 1. The highest BCUT2D eigenvalue weighted by Gasteiger charge is 2.32. The van der Waals surface area contributed by atoms with Gasteiger partial charge in [-0.25, -0.2) is 5.43 Å². The number of hydrazine groups is 1. The fourth-order valence-electron chi connectivity index (χ4n) is 2.88. The van der Waals surface area contributed by atoms with Crippen molar-refractivity contribution in [2.24, 2.45) is 11.7 Å². The lowest BCUT2D eigenvalue weighted by molar-refractivity contribution is 0.305. The van der Waals surface area contributed by atoms with Crippen LogP contribution in [0.1, 0.15) is 51.1 Å². The van der Waals surface area contributed by atoms with E-state index in [1.54, 1.807) is 0 Å². The molecular formula is C17H29N3O. The van der Waals surface area contributed by atoms with Crippen molar-refractivity contribution in [3.05, 3.63) is 29.8 Å². The molecule has 4 nitrogen and oxygen atoms in total. The summed E-state index contributed by atoms with van der Waals surface area (Å²) in [6.45, 7) is 5.88. The molecule has 118 valence electrons. The van der Waals surface area contributed by atoms with Gasteiger partial charge in [0.2, 0.25) is 0 Å². The molecule has 4 heteroatoms. The van der Waals surface area contributed by atoms with E-state index >= 15 is 0 Å². The Bertz CT molecular complexity index is 407. The van der Waals surface area contributed by atoms with E-state index in [0.717, 1.165) is 18.8 Å². The number of benzene rings is 1. The largest absolute Gasteiger partial charge is 0.494 e. The van der Waals surface area contributed by atoms with E-state index < -0.39 is 0 Å². The van der Waals surface area contributed by atoms with Crippen LogP contribution in [-0.4, -0.2) is 19.2 Å². The van der Waals surface area contributed by atoms with Crippen molar-refractivity contribution in [2.45, 2.75) is 51.6 Å². The molecule has 21 heavy (non-hydrogen) atoms. The zero-order valence-electron chi connectivity index (χ0n) is 13.3. The molecule has 2 rings (SSSR count). The Hall–Kier alpha value is -1.10. The second kappa shape index (κ2) is 8.37. The van der Waals surface area contributed by atoms with Crippen LogP contribution < -0.4 is 21.3 Å². The zero-order valence-corrected chi connectivity index (χ0v) is 13.3. The Balaban J connectivity index is 1.84. The Kier molecular flexibility index (Phi) is 6.49. The third kappa shape index (κ3) is 4.43. The molecule has 1 aliphatic rings. The van der Waals surface area contributed by atoms with Crippen LogP contribution in [-0.2, 0) is 0 Å². The molecular weight excluding hydrogens is 262 g/mol. The molecule has 0 aliphatic carbocycles. The van der Waals surface area contributed by atoms with E-state index in [1.807, 2.05) is 0 Å². The minimum absolute atomic E-state index is 0.281. The smallest absolute Gasteiger partial charge is 0.119 e. The lowest BCUT2D eigenvalue weighted by atomic mass is 9.90. The number of rotatable bonds is 8. The van der Waals surface area contributed by atoms with Gasteiger partial charge in [0.05, 0.1) is 12.6 Å². The van der Waals surface area contributed by atoms with Gasteiger partial charge in [-0.2, -0.15) is 0 Å². The molecule has 0 radical (unpaired) electrons. The van der Waals surface area contributed by atoms with E-state index in [2.05, 4.69) is 49.0 Å². The monoisotopic (exact) mass is 291 g/mol. The van der Waals surface area contributed by atoms with E-state index in [1.165, 1.54) is 24.8 Å². The van der Waals surface area contributed by atoms with Crippen LogP contribution in [0.25, 0.3) is 0 Å². The lowest BCUT2D eigenvalue weighted by Crippen LogP contribution is -2.30. The predicted octanol–water partition coefficient (Wildman–Crippen LogP) is 2.76. The molecule has 0 aromatic heterocycles. The van der Waals surface area contributed by atoms with Crippen LogP contribution in [0.5, 0.6) is 5.75 Å². The number of unbranched alkanes of at least 4 members (excludes halogenated alkanes) is 3. The molecule has 1 heterocycles. The van der Waals surface area contributed by atoms with E-state index in [0.29, 0.717) is 18.5 Å². The molecule has 1 aliphatic heterocycles. The van der Waals surface area contributed by atoms with E-state index in [9.17, 15) is 0 Å². The summed E-state index contributed by atoms with van der Waals surface area (Å²) in [6, 6.07) is 9.09. The molecule has 3 unspecified atom stereocenters. The summed E-state index contributed by atoms with van der Waals surface area (Å²) in [4.78, 5) is 0. The van der Waals surface area contributed by atoms with Crippen LogP contribution in [0.2, 0.25) is 0 Å². The molecule has 0 amide bonds. The van der Waals surface area contributed by atoms with Gasteiger partial charge >= 0.3 is 0 Å². The Morgan fingerprint density at radius 3 is 2.52 bits per heavy atom. The normalized spacial score (nSPS) is 25.2. The van der Waals surface area contributed by atoms with Crippen molar-refractivity contribution >= 4 is 0 Å². The molecule has 4 N–H and O–H groups in total. The Morgan fingerprint density at radius 2 is 1.86 bits per heavy atom. The van der Waals surface area contributed by atoms with Crippen molar-refractivity contribution < 1.29 is 4.74 Å². The van der Waals surface area contributed by atoms with Gasteiger partial charge in [-0.05, 0) is 37.6 Å². The van der Waals surface area contributed by atoms with Gasteiger partial charge in [0.25, 0.3) is 0 Å². The summed E-state index contributed by atoms with van der Waals surface area (Å²) in [7, 11) is 0. The van der Waals surface area contributed by atoms with Gasteiger partial charge in [-0.15, -0.1) is 0 Å². The number of nitrogens with one attached hydrogen (secondary N) is 2. The van der Waals surface area contributed by atoms with Crippen molar-refractivity contribution in [3.63, 3.8) is 0 Å². The molecule has 0 spiro atoms. The minimum atomic E-state index is 0.281. The maximum atomic E-state index is 5.88. The predicted molar refractivity (Wildman–Crippen MR) is 87.1 cm³/mol. The van der Waals surface area contributed by atoms with Gasteiger partial charge in [0, 0.05) is 12.0 Å². The Morgan fingerprint density at radius 1 is 1.10 bits per heavy atom. The standard InChI is InChI=1S/C17H29N3O/c1-3-4-5-6-11-21-15-9-7-14(8-10-15)17-16(12-18)13(2)19-20-17/h7-10,13,16-17,19-20H,3-6,11-12,18H2,1-2H3. The van der Waals surface area contributed by atoms with Crippen molar-refractivity contribution in [1.29, 1.82) is 0 Å². The highest BCUT2D eigenvalue weighted by Crippen LogP contribution is 2.29. The first-order valence-corrected chi connectivity index (χ1v) is 8.20. The van der Waals surface area contributed by atoms with Crippen molar-refractivity contribution in [2.75, 3.05) is 13.2 Å². The van der Waals surface area contributed by atoms with Crippen LogP contribution in [0.15, 0.2) is 24.3 Å². The highest BCUT2D eigenvalue weighted by molar-refractivity contribution is 5.30. The van der Waals surface area contributed by atoms with Crippen LogP contribution >= 0.6 is 0 Å². The third-order valence-electron chi connectivity index (χ3n) is 4.31. The fourth-order valence-corrected chi connectivity index (χ4v) is 2.88. The van der Waals surface area contributed by atoms with Crippen LogP contribution in [0, 0.1) is 5.92 Å². The maximum Gasteiger partial charge on any atom is 0.119 e. The topological polar surface area (TPSA) is 59.3 Å². The Labute approximate surface area is 128 Å². The fraction of sp³-hybridized carbons (Fsp3) is 0.647. The first kappa shape index (κ1) is 16.3. The second-order valence-electron chi connectivity index (χ2n) is 5.93. The average Bonchev–Trinajstić information content (AvgIpc) is 2.88. The summed E-state index contributed by atoms with van der Waals surface area (Å²) >= 11 is 0. The maximum absolute atomic E-state index is 5.88. The molecule has 1 saturated heterocycles. The summed E-state index contributed by atoms with van der Waals surface area (Å²) < 4.78 is 5.78. The quantitative estimate of drug-likeness (QED) is 0.645. The molecule has 3 atom stereocenters. The van der Waals surface area contributed by atoms with Gasteiger partial charge in [-0.1, -0.05) is 38.3 Å². The van der Waals surface area contributed by atoms with E-state index in [4.69, 9.17) is 10.5 Å². The van der Waals surface area contributed by atoms with E-state index in [-0.39, 0.29) is 6.04 Å². The first-order chi connectivity index (χ1) is 10.3. The molecule has 1 fully saturated rings. The minimum Gasteiger partial charge on any atom is -0.494 e. The number of hydrogen-bond acceptors (Lipinski definition) is 4. The number of hydrogen-bond donors (Lipinski definition) is 3. The van der Waals surface area contributed by atoms with Gasteiger partial charge in [0.15, 0.2) is 0 Å². The van der Waals surface area contributed by atoms with Crippen molar-refractivity contribution in [3.8, 4) is 5.75 Å². The first-order valence-electron chi connectivity index (χ1n) is 8.20. The van der Waals surface area contributed by atoms with Crippen LogP contribution in [0.3, 0.4) is 0 Å². The zero-order chi connectivity index (χ0) is 15.1. The van der Waals surface area contributed by atoms with Crippen molar-refractivity contribution in [1.82, 2.24) is 10.9 Å². The summed E-state index contributed by atoms with van der Waals surface area (Å²) in [5, 5.41) is 0. The summed E-state index contributed by atoms with van der Waals surface area (Å²) in [5.41, 5.74) is 13.8. The number of ether oxygens (including phenoxy) is 1. The molecule has 0 saturated carbocycles. The summed E-state index contributed by atoms with van der Waals surface area (Å²) in [5.74, 6) is 1.38.